The Labute approximate surface area is 124 Å². The fourth-order valence-electron chi connectivity index (χ4n) is 1.78. The summed E-state index contributed by atoms with van der Waals surface area (Å²) < 4.78 is 38.3. The number of hydrogen-bond donors (Lipinski definition) is 1. The van der Waals surface area contributed by atoms with Crippen molar-refractivity contribution in [3.8, 4) is 0 Å². The number of alkyl halides is 2. The number of carbonyl (C=O) groups excluding carboxylic acids is 1. The summed E-state index contributed by atoms with van der Waals surface area (Å²) in [6.45, 7) is 0. The molecule has 0 unspecified atom stereocenters. The van der Waals surface area contributed by atoms with Gasteiger partial charge >= 0.3 is 0 Å². The van der Waals surface area contributed by atoms with E-state index in [9.17, 15) is 18.0 Å². The van der Waals surface area contributed by atoms with Gasteiger partial charge in [0.1, 0.15) is 5.82 Å². The molecule has 2 aromatic rings. The highest BCUT2D eigenvalue weighted by Gasteiger charge is 2.13. The second-order valence-electron chi connectivity index (χ2n) is 4.19. The number of benzene rings is 2. The Morgan fingerprint density at radius 1 is 1.10 bits per heavy atom. The van der Waals surface area contributed by atoms with Crippen LogP contribution in [0.4, 0.5) is 18.9 Å². The first-order valence-corrected chi connectivity index (χ1v) is 7.01. The first-order chi connectivity index (χ1) is 10.1. The Hall–Kier alpha value is -1.95. The largest absolute Gasteiger partial charge is 0.325 e. The maximum Gasteiger partial charge on any atom is 0.288 e. The second-order valence-corrected chi connectivity index (χ2v) is 5.22. The molecule has 0 fully saturated rings. The number of thioether (sulfide) groups is 1. The molecule has 0 spiro atoms. The SMILES string of the molecule is O=C(Cc1ccccc1F)Nc1ccccc1SC(F)F. The van der Waals surface area contributed by atoms with Gasteiger partial charge < -0.3 is 5.32 Å². The molecule has 0 saturated carbocycles. The van der Waals surface area contributed by atoms with E-state index in [0.717, 1.165) is 0 Å². The van der Waals surface area contributed by atoms with Crippen LogP contribution in [-0.2, 0) is 11.2 Å². The zero-order valence-electron chi connectivity index (χ0n) is 10.9. The molecule has 0 aliphatic heterocycles. The molecule has 1 amide bonds. The third-order valence-corrected chi connectivity index (χ3v) is 3.47. The predicted molar refractivity (Wildman–Crippen MR) is 77.0 cm³/mol. The maximum absolute atomic E-state index is 13.5. The molecular formula is C15H12F3NOS. The molecule has 2 rings (SSSR count). The Kier molecular flexibility index (Phi) is 5.27. The zero-order valence-corrected chi connectivity index (χ0v) is 11.7. The molecule has 0 heterocycles. The lowest BCUT2D eigenvalue weighted by molar-refractivity contribution is -0.115. The fourth-order valence-corrected chi connectivity index (χ4v) is 2.37. The maximum atomic E-state index is 13.5. The summed E-state index contributed by atoms with van der Waals surface area (Å²) in [5.41, 5.74) is 0.554. The van der Waals surface area contributed by atoms with Crippen LogP contribution in [0.25, 0.3) is 0 Å². The van der Waals surface area contributed by atoms with E-state index < -0.39 is 17.5 Å². The Balaban J connectivity index is 2.08. The lowest BCUT2D eigenvalue weighted by Crippen LogP contribution is -2.15. The Bertz CT molecular complexity index is 634. The molecule has 0 saturated heterocycles. The van der Waals surface area contributed by atoms with Crippen LogP contribution >= 0.6 is 11.8 Å². The minimum absolute atomic E-state index is 0.152. The monoisotopic (exact) mass is 311 g/mol. The van der Waals surface area contributed by atoms with Crippen LogP contribution in [-0.4, -0.2) is 11.7 Å². The summed E-state index contributed by atoms with van der Waals surface area (Å²) in [7, 11) is 0. The Morgan fingerprint density at radius 3 is 2.48 bits per heavy atom. The summed E-state index contributed by atoms with van der Waals surface area (Å²) in [4.78, 5) is 12.2. The van der Waals surface area contributed by atoms with Crippen molar-refractivity contribution in [2.75, 3.05) is 5.32 Å². The Morgan fingerprint density at radius 2 is 1.76 bits per heavy atom. The van der Waals surface area contributed by atoms with Gasteiger partial charge in [-0.25, -0.2) is 4.39 Å². The average molecular weight is 311 g/mol. The van der Waals surface area contributed by atoms with Gasteiger partial charge in [-0.15, -0.1) is 0 Å². The normalized spacial score (nSPS) is 10.7. The van der Waals surface area contributed by atoms with Gasteiger partial charge in [0.05, 0.1) is 12.1 Å². The van der Waals surface area contributed by atoms with E-state index in [1.54, 1.807) is 18.2 Å². The van der Waals surface area contributed by atoms with E-state index in [2.05, 4.69) is 5.32 Å². The lowest BCUT2D eigenvalue weighted by Gasteiger charge is -2.10. The van der Waals surface area contributed by atoms with Gasteiger partial charge in [0.15, 0.2) is 0 Å². The smallest absolute Gasteiger partial charge is 0.288 e. The van der Waals surface area contributed by atoms with Crippen LogP contribution < -0.4 is 5.32 Å². The van der Waals surface area contributed by atoms with Crippen molar-refractivity contribution >= 4 is 23.4 Å². The number of nitrogens with one attached hydrogen (secondary N) is 1. The third-order valence-electron chi connectivity index (χ3n) is 2.69. The molecule has 0 radical (unpaired) electrons. The molecule has 0 aliphatic carbocycles. The molecular weight excluding hydrogens is 299 g/mol. The van der Waals surface area contributed by atoms with Gasteiger partial charge in [-0.3, -0.25) is 4.79 Å². The number of amides is 1. The summed E-state index contributed by atoms with van der Waals surface area (Å²) in [6.07, 6.45) is -0.152. The van der Waals surface area contributed by atoms with Crippen molar-refractivity contribution in [2.45, 2.75) is 17.1 Å². The van der Waals surface area contributed by atoms with E-state index in [0.29, 0.717) is 17.4 Å². The van der Waals surface area contributed by atoms with Crippen molar-refractivity contribution < 1.29 is 18.0 Å². The highest BCUT2D eigenvalue weighted by molar-refractivity contribution is 7.99. The summed E-state index contributed by atoms with van der Waals surface area (Å²) in [5.74, 6) is -3.50. The predicted octanol–water partition coefficient (Wildman–Crippen LogP) is 4.32. The highest BCUT2D eigenvalue weighted by atomic mass is 32.2. The van der Waals surface area contributed by atoms with E-state index in [1.165, 1.54) is 30.3 Å². The van der Waals surface area contributed by atoms with Crippen molar-refractivity contribution in [3.05, 3.63) is 59.9 Å². The third kappa shape index (κ3) is 4.53. The van der Waals surface area contributed by atoms with Crippen LogP contribution in [0.5, 0.6) is 0 Å². The number of rotatable bonds is 5. The average Bonchev–Trinajstić information content (AvgIpc) is 2.43. The summed E-state index contributed by atoms with van der Waals surface area (Å²) >= 11 is 0.354. The van der Waals surface area contributed by atoms with Crippen molar-refractivity contribution in [1.82, 2.24) is 0 Å². The van der Waals surface area contributed by atoms with Crippen LogP contribution in [0, 0.1) is 5.82 Å². The minimum Gasteiger partial charge on any atom is -0.325 e. The first kappa shape index (κ1) is 15.4. The molecule has 0 aromatic heterocycles. The number of hydrogen-bond acceptors (Lipinski definition) is 2. The fraction of sp³-hybridized carbons (Fsp3) is 0.133. The molecule has 1 N–H and O–H groups in total. The number of carbonyl (C=O) groups is 1. The van der Waals surface area contributed by atoms with Crippen LogP contribution in [0.1, 0.15) is 5.56 Å². The summed E-state index contributed by atoms with van der Waals surface area (Å²) in [5, 5.41) is 2.53. The van der Waals surface area contributed by atoms with Crippen molar-refractivity contribution in [3.63, 3.8) is 0 Å². The molecule has 2 aromatic carbocycles. The molecule has 21 heavy (non-hydrogen) atoms. The molecule has 6 heteroatoms. The van der Waals surface area contributed by atoms with E-state index >= 15 is 0 Å². The van der Waals surface area contributed by atoms with Crippen molar-refractivity contribution in [2.24, 2.45) is 0 Å². The first-order valence-electron chi connectivity index (χ1n) is 6.13. The van der Waals surface area contributed by atoms with Gasteiger partial charge in [0, 0.05) is 4.90 Å². The standard InChI is InChI=1S/C15H12F3NOS/c16-11-6-2-1-5-10(11)9-14(20)19-12-7-3-4-8-13(12)21-15(17)18/h1-8,15H,9H2,(H,19,20). The van der Waals surface area contributed by atoms with E-state index in [4.69, 9.17) is 0 Å². The molecule has 0 bridgehead atoms. The number of halogens is 3. The number of anilines is 1. The van der Waals surface area contributed by atoms with Gasteiger partial charge in [-0.2, -0.15) is 8.78 Å². The van der Waals surface area contributed by atoms with Gasteiger partial charge in [-0.1, -0.05) is 42.1 Å². The molecule has 2 nitrogen and oxygen atoms in total. The zero-order chi connectivity index (χ0) is 15.2. The summed E-state index contributed by atoms with van der Waals surface area (Å²) in [6, 6.07) is 12.2. The van der Waals surface area contributed by atoms with E-state index in [-0.39, 0.29) is 16.9 Å². The van der Waals surface area contributed by atoms with Crippen LogP contribution in [0.15, 0.2) is 53.4 Å². The molecule has 0 aliphatic rings. The second kappa shape index (κ2) is 7.17. The quantitative estimate of drug-likeness (QED) is 0.833. The van der Waals surface area contributed by atoms with Crippen LogP contribution in [0.2, 0.25) is 0 Å². The van der Waals surface area contributed by atoms with Gasteiger partial charge in [-0.05, 0) is 23.8 Å². The number of para-hydroxylation sites is 1. The minimum atomic E-state index is -2.57. The van der Waals surface area contributed by atoms with Gasteiger partial charge in [0.25, 0.3) is 5.76 Å². The highest BCUT2D eigenvalue weighted by Crippen LogP contribution is 2.31. The van der Waals surface area contributed by atoms with E-state index in [1.807, 2.05) is 0 Å². The van der Waals surface area contributed by atoms with Crippen LogP contribution in [0.3, 0.4) is 0 Å². The molecule has 110 valence electrons. The molecule has 0 atom stereocenters. The van der Waals surface area contributed by atoms with Crippen molar-refractivity contribution in [1.29, 1.82) is 0 Å². The lowest BCUT2D eigenvalue weighted by atomic mass is 10.1. The van der Waals surface area contributed by atoms with Gasteiger partial charge in [0.2, 0.25) is 5.91 Å². The topological polar surface area (TPSA) is 29.1 Å².